The predicted molar refractivity (Wildman–Crippen MR) is 172 cm³/mol. The molecule has 242 valence electrons. The topological polar surface area (TPSA) is 245 Å². The van der Waals surface area contributed by atoms with Crippen molar-refractivity contribution < 1.29 is 19.2 Å². The summed E-state index contributed by atoms with van der Waals surface area (Å²) in [6.45, 7) is 0.483. The highest BCUT2D eigenvalue weighted by Gasteiger charge is 2.36. The third-order valence-corrected chi connectivity index (χ3v) is 7.95. The van der Waals surface area contributed by atoms with Crippen LogP contribution in [0.5, 0.6) is 0 Å². The van der Waals surface area contributed by atoms with Gasteiger partial charge in [-0.1, -0.05) is 73.9 Å². The maximum Gasteiger partial charge on any atom is 0.243 e. The third-order valence-electron chi connectivity index (χ3n) is 7.95. The van der Waals surface area contributed by atoms with E-state index in [1.165, 1.54) is 0 Å². The van der Waals surface area contributed by atoms with Gasteiger partial charge in [0.15, 0.2) is 5.96 Å². The van der Waals surface area contributed by atoms with E-state index in [4.69, 9.17) is 28.3 Å². The standard InChI is InChI=1S/C32H45N9O4/c33-27(34)23-15-13-20(14-16-23)18-24(29(43)39-19-21-8-3-1-4-9-21)30(44)41-26(22-10-5-2-6-11-22)31(45)40-25(28(35)42)12-7-17-38-32(36)37/h1,3-4,8-9,13-16,22,24-26H,2,5-7,10-12,17-19H2,(H3,33,34)(H2,35,42)(H,39,43)(H,40,45)(H,41,44)(H4,36,37,38)/t24?,25-,26-/m0/s1. The van der Waals surface area contributed by atoms with Crippen LogP contribution >= 0.6 is 0 Å². The van der Waals surface area contributed by atoms with Crippen LogP contribution < -0.4 is 38.9 Å². The number of amidine groups is 1. The van der Waals surface area contributed by atoms with Crippen LogP contribution in [0.4, 0.5) is 0 Å². The van der Waals surface area contributed by atoms with Crippen LogP contribution in [0, 0.1) is 17.2 Å². The van der Waals surface area contributed by atoms with Crippen molar-refractivity contribution in [2.24, 2.45) is 39.8 Å². The van der Waals surface area contributed by atoms with E-state index in [1.54, 1.807) is 24.3 Å². The highest BCUT2D eigenvalue weighted by Crippen LogP contribution is 2.27. The molecule has 1 unspecified atom stereocenters. The van der Waals surface area contributed by atoms with E-state index in [0.717, 1.165) is 24.8 Å². The number of primary amides is 1. The Balaban J connectivity index is 1.81. The van der Waals surface area contributed by atoms with Crippen LogP contribution in [-0.2, 0) is 32.1 Å². The number of nitrogen functional groups attached to an aromatic ring is 1. The number of rotatable bonds is 16. The van der Waals surface area contributed by atoms with Crippen molar-refractivity contribution in [3.8, 4) is 0 Å². The Morgan fingerprint density at radius 1 is 0.822 bits per heavy atom. The Morgan fingerprint density at radius 3 is 2.09 bits per heavy atom. The lowest BCUT2D eigenvalue weighted by Crippen LogP contribution is -2.57. The van der Waals surface area contributed by atoms with Gasteiger partial charge in [0, 0.05) is 18.7 Å². The number of hydrogen-bond acceptors (Lipinski definition) is 6. The van der Waals surface area contributed by atoms with Crippen LogP contribution in [-0.4, -0.2) is 54.1 Å². The quantitative estimate of drug-likeness (QED) is 0.0573. The number of carbonyl (C=O) groups is 4. The van der Waals surface area contributed by atoms with Crippen molar-refractivity contribution in [1.82, 2.24) is 16.0 Å². The molecule has 0 aromatic heterocycles. The van der Waals surface area contributed by atoms with Crippen LogP contribution in [0.15, 0.2) is 59.6 Å². The second-order valence-corrected chi connectivity index (χ2v) is 11.4. The minimum atomic E-state index is -1.16. The number of nitrogens with one attached hydrogen (secondary N) is 4. The van der Waals surface area contributed by atoms with Gasteiger partial charge in [-0.15, -0.1) is 0 Å². The van der Waals surface area contributed by atoms with Gasteiger partial charge in [-0.3, -0.25) is 29.6 Å². The fourth-order valence-electron chi connectivity index (χ4n) is 5.44. The fourth-order valence-corrected chi connectivity index (χ4v) is 5.44. The molecule has 0 aliphatic heterocycles. The molecule has 45 heavy (non-hydrogen) atoms. The lowest BCUT2D eigenvalue weighted by molar-refractivity contribution is -0.139. The SMILES string of the molecule is N=C(N)c1ccc(CC(C(=O)NCc2ccccc2)C(=O)N[C@H](C(=O)N[C@@H](CCCN=C(N)N)C(N)=O)C2CCCCC2)cc1. The van der Waals surface area contributed by atoms with Gasteiger partial charge in [0.25, 0.3) is 0 Å². The van der Waals surface area contributed by atoms with Crippen molar-refractivity contribution in [3.63, 3.8) is 0 Å². The summed E-state index contributed by atoms with van der Waals surface area (Å²) >= 11 is 0. The molecule has 0 spiro atoms. The van der Waals surface area contributed by atoms with Crippen LogP contribution in [0.2, 0.25) is 0 Å². The summed E-state index contributed by atoms with van der Waals surface area (Å²) in [5.74, 6) is -3.86. The summed E-state index contributed by atoms with van der Waals surface area (Å²) in [7, 11) is 0. The lowest BCUT2D eigenvalue weighted by atomic mass is 9.83. The number of guanidine groups is 1. The van der Waals surface area contributed by atoms with Gasteiger partial charge in [-0.05, 0) is 49.1 Å². The molecule has 0 radical (unpaired) electrons. The lowest BCUT2D eigenvalue weighted by Gasteiger charge is -2.32. The minimum Gasteiger partial charge on any atom is -0.384 e. The number of nitrogens with two attached hydrogens (primary N) is 4. The van der Waals surface area contributed by atoms with Crippen molar-refractivity contribution >= 4 is 35.4 Å². The van der Waals surface area contributed by atoms with E-state index in [2.05, 4.69) is 20.9 Å². The van der Waals surface area contributed by atoms with E-state index in [0.29, 0.717) is 30.4 Å². The second-order valence-electron chi connectivity index (χ2n) is 11.4. The normalized spacial score (nSPS) is 15.1. The zero-order chi connectivity index (χ0) is 32.8. The molecule has 1 aliphatic rings. The van der Waals surface area contributed by atoms with E-state index in [9.17, 15) is 19.2 Å². The molecular formula is C32H45N9O4. The number of amides is 4. The number of carbonyl (C=O) groups excluding carboxylic acids is 4. The molecule has 13 heteroatoms. The van der Waals surface area contributed by atoms with Crippen LogP contribution in [0.1, 0.15) is 61.6 Å². The van der Waals surface area contributed by atoms with E-state index < -0.39 is 41.6 Å². The second kappa shape index (κ2) is 17.4. The summed E-state index contributed by atoms with van der Waals surface area (Å²) in [4.78, 5) is 57.2. The Hall–Kier alpha value is -4.94. The molecule has 2 aromatic rings. The molecule has 3 rings (SSSR count). The maximum atomic E-state index is 13.9. The van der Waals surface area contributed by atoms with E-state index in [1.807, 2.05) is 30.3 Å². The molecule has 1 aliphatic carbocycles. The van der Waals surface area contributed by atoms with Crippen molar-refractivity contribution in [1.29, 1.82) is 5.41 Å². The largest absolute Gasteiger partial charge is 0.384 e. The maximum absolute atomic E-state index is 13.9. The number of hydrogen-bond donors (Lipinski definition) is 8. The van der Waals surface area contributed by atoms with Gasteiger partial charge in [0.05, 0.1) is 0 Å². The van der Waals surface area contributed by atoms with Gasteiger partial charge >= 0.3 is 0 Å². The van der Waals surface area contributed by atoms with Gasteiger partial charge in [0.1, 0.15) is 23.8 Å². The first-order chi connectivity index (χ1) is 21.5. The monoisotopic (exact) mass is 619 g/mol. The van der Waals surface area contributed by atoms with Crippen LogP contribution in [0.25, 0.3) is 0 Å². The first-order valence-corrected chi connectivity index (χ1v) is 15.3. The highest BCUT2D eigenvalue weighted by molar-refractivity contribution is 6.02. The zero-order valence-electron chi connectivity index (χ0n) is 25.5. The first-order valence-electron chi connectivity index (χ1n) is 15.3. The van der Waals surface area contributed by atoms with Crippen molar-refractivity contribution in [2.45, 2.75) is 70.0 Å². The van der Waals surface area contributed by atoms with Crippen molar-refractivity contribution in [2.75, 3.05) is 6.54 Å². The average molecular weight is 620 g/mol. The summed E-state index contributed by atoms with van der Waals surface area (Å²) in [6.07, 6.45) is 4.90. The molecule has 3 atom stereocenters. The Kier molecular flexibility index (Phi) is 13.3. The van der Waals surface area contributed by atoms with Crippen molar-refractivity contribution in [3.05, 3.63) is 71.3 Å². The molecule has 2 aromatic carbocycles. The Labute approximate surface area is 263 Å². The van der Waals surface area contributed by atoms with E-state index in [-0.39, 0.29) is 43.6 Å². The van der Waals surface area contributed by atoms with Crippen LogP contribution in [0.3, 0.4) is 0 Å². The number of benzene rings is 2. The Bertz CT molecular complexity index is 1340. The summed E-state index contributed by atoms with van der Waals surface area (Å²) in [5.41, 5.74) is 24.0. The molecule has 1 fully saturated rings. The van der Waals surface area contributed by atoms with Gasteiger partial charge in [-0.25, -0.2) is 0 Å². The molecular weight excluding hydrogens is 574 g/mol. The molecule has 0 saturated heterocycles. The fraction of sp³-hybridized carbons (Fsp3) is 0.438. The van der Waals surface area contributed by atoms with Gasteiger partial charge in [-0.2, -0.15) is 0 Å². The Morgan fingerprint density at radius 2 is 1.49 bits per heavy atom. The smallest absolute Gasteiger partial charge is 0.243 e. The summed E-state index contributed by atoms with van der Waals surface area (Å²) in [6, 6.07) is 14.1. The molecule has 13 nitrogen and oxygen atoms in total. The van der Waals surface area contributed by atoms with Gasteiger partial charge < -0.3 is 38.9 Å². The molecule has 12 N–H and O–H groups in total. The molecule has 4 amide bonds. The minimum absolute atomic E-state index is 0.0539. The first kappa shape index (κ1) is 34.5. The molecule has 0 bridgehead atoms. The summed E-state index contributed by atoms with van der Waals surface area (Å²) < 4.78 is 0. The predicted octanol–water partition coefficient (Wildman–Crippen LogP) is 0.535. The van der Waals surface area contributed by atoms with Gasteiger partial charge in [0.2, 0.25) is 23.6 Å². The number of aliphatic imine (C=N–C) groups is 1. The number of nitrogens with zero attached hydrogens (tertiary/aromatic N) is 1. The highest BCUT2D eigenvalue weighted by atomic mass is 16.2. The summed E-state index contributed by atoms with van der Waals surface area (Å²) in [5, 5.41) is 16.1. The molecule has 1 saturated carbocycles. The zero-order valence-corrected chi connectivity index (χ0v) is 25.5. The van der Waals surface area contributed by atoms with E-state index >= 15 is 0 Å². The average Bonchev–Trinajstić information content (AvgIpc) is 3.03. The third kappa shape index (κ3) is 11.2. The molecule has 0 heterocycles.